The average molecular weight is 233 g/mol. The van der Waals surface area contributed by atoms with E-state index < -0.39 is 0 Å². The molecule has 0 amide bonds. The zero-order valence-corrected chi connectivity index (χ0v) is 9.83. The molecule has 0 aliphatic heterocycles. The molecule has 4 heteroatoms. The van der Waals surface area contributed by atoms with Gasteiger partial charge in [0.25, 0.3) is 0 Å². The molecule has 1 aromatic carbocycles. The van der Waals surface area contributed by atoms with Crippen molar-refractivity contribution in [3.8, 4) is 0 Å². The third-order valence-corrected chi connectivity index (χ3v) is 4.08. The van der Waals surface area contributed by atoms with Gasteiger partial charge in [0.05, 0.1) is 5.52 Å². The first kappa shape index (κ1) is 10.1. The van der Waals surface area contributed by atoms with Gasteiger partial charge in [-0.15, -0.1) is 0 Å². The molecule has 3 rings (SSSR count). The van der Waals surface area contributed by atoms with Crippen LogP contribution < -0.4 is 11.1 Å². The summed E-state index contributed by atoms with van der Waals surface area (Å²) in [5.41, 5.74) is 7.13. The zero-order valence-electron chi connectivity index (χ0n) is 9.02. The lowest BCUT2D eigenvalue weighted by Gasteiger charge is -2.17. The van der Waals surface area contributed by atoms with Crippen molar-refractivity contribution in [1.82, 2.24) is 4.37 Å². The lowest BCUT2D eigenvalue weighted by molar-refractivity contribution is 0.640. The Kier molecular flexibility index (Phi) is 2.53. The summed E-state index contributed by atoms with van der Waals surface area (Å²) in [6.07, 6.45) is 3.54. The van der Waals surface area contributed by atoms with E-state index in [1.807, 2.05) is 12.1 Å². The Labute approximate surface area is 98.8 Å². The molecule has 0 spiro atoms. The molecule has 1 saturated carbocycles. The molecule has 3 nitrogen and oxygen atoms in total. The van der Waals surface area contributed by atoms with Crippen LogP contribution >= 0.6 is 11.5 Å². The standard InChI is InChI=1S/C12H15N3S/c13-9-5-3-7-11(9)14-12-8-4-1-2-6-10(8)15-16-12/h1-2,4,6,9,11,14H,3,5,7,13H2. The van der Waals surface area contributed by atoms with Gasteiger partial charge < -0.3 is 11.1 Å². The predicted molar refractivity (Wildman–Crippen MR) is 68.9 cm³/mol. The van der Waals surface area contributed by atoms with Crippen LogP contribution in [0.2, 0.25) is 0 Å². The minimum absolute atomic E-state index is 0.292. The third-order valence-electron chi connectivity index (χ3n) is 3.27. The SMILES string of the molecule is NC1CCCC1Nc1snc2ccccc12. The summed E-state index contributed by atoms with van der Waals surface area (Å²) >= 11 is 1.54. The summed E-state index contributed by atoms with van der Waals surface area (Å²) in [5, 5.41) is 5.92. The molecule has 0 bridgehead atoms. The summed E-state index contributed by atoms with van der Waals surface area (Å²) in [5.74, 6) is 0. The molecule has 2 atom stereocenters. The van der Waals surface area contributed by atoms with Crippen molar-refractivity contribution in [1.29, 1.82) is 0 Å². The van der Waals surface area contributed by atoms with Gasteiger partial charge in [-0.05, 0) is 42.9 Å². The molecule has 1 fully saturated rings. The maximum atomic E-state index is 6.06. The van der Waals surface area contributed by atoms with Crippen LogP contribution in [0.25, 0.3) is 10.9 Å². The van der Waals surface area contributed by atoms with E-state index >= 15 is 0 Å². The van der Waals surface area contributed by atoms with E-state index in [-0.39, 0.29) is 0 Å². The topological polar surface area (TPSA) is 50.9 Å². The molecule has 1 aromatic heterocycles. The van der Waals surface area contributed by atoms with Crippen LogP contribution in [0.4, 0.5) is 5.00 Å². The van der Waals surface area contributed by atoms with Crippen LogP contribution in [0, 0.1) is 0 Å². The number of hydrogen-bond acceptors (Lipinski definition) is 4. The summed E-state index contributed by atoms with van der Waals surface area (Å²) < 4.78 is 4.42. The number of nitrogens with one attached hydrogen (secondary N) is 1. The van der Waals surface area contributed by atoms with Crippen molar-refractivity contribution < 1.29 is 0 Å². The van der Waals surface area contributed by atoms with Crippen molar-refractivity contribution in [2.75, 3.05) is 5.32 Å². The smallest absolute Gasteiger partial charge is 0.117 e. The molecule has 2 unspecified atom stereocenters. The van der Waals surface area contributed by atoms with Gasteiger partial charge in [0.1, 0.15) is 5.00 Å². The second-order valence-corrected chi connectivity index (χ2v) is 5.15. The minimum Gasteiger partial charge on any atom is -0.371 e. The maximum absolute atomic E-state index is 6.06. The van der Waals surface area contributed by atoms with Gasteiger partial charge in [0.15, 0.2) is 0 Å². The number of fused-ring (bicyclic) bond motifs is 1. The lowest BCUT2D eigenvalue weighted by atomic mass is 10.2. The molecule has 2 aromatic rings. The van der Waals surface area contributed by atoms with Gasteiger partial charge >= 0.3 is 0 Å². The molecule has 84 valence electrons. The quantitative estimate of drug-likeness (QED) is 0.838. The van der Waals surface area contributed by atoms with Gasteiger partial charge in [-0.1, -0.05) is 12.1 Å². The maximum Gasteiger partial charge on any atom is 0.117 e. The fourth-order valence-electron chi connectivity index (χ4n) is 2.33. The van der Waals surface area contributed by atoms with Crippen LogP contribution in [-0.4, -0.2) is 16.5 Å². The Bertz CT molecular complexity index is 494. The third kappa shape index (κ3) is 1.68. The largest absolute Gasteiger partial charge is 0.371 e. The lowest BCUT2D eigenvalue weighted by Crippen LogP contribution is -2.34. The normalized spacial score (nSPS) is 25.1. The van der Waals surface area contributed by atoms with Gasteiger partial charge in [0.2, 0.25) is 0 Å². The highest BCUT2D eigenvalue weighted by Crippen LogP contribution is 2.30. The fraction of sp³-hybridized carbons (Fsp3) is 0.417. The highest BCUT2D eigenvalue weighted by Gasteiger charge is 2.24. The van der Waals surface area contributed by atoms with Crippen LogP contribution in [0.5, 0.6) is 0 Å². The Morgan fingerprint density at radius 2 is 2.19 bits per heavy atom. The summed E-state index contributed by atoms with van der Waals surface area (Å²) in [7, 11) is 0. The van der Waals surface area contributed by atoms with E-state index in [0.29, 0.717) is 12.1 Å². The Hall–Kier alpha value is -1.13. The number of nitrogens with zero attached hydrogens (tertiary/aromatic N) is 1. The molecular weight excluding hydrogens is 218 g/mol. The van der Waals surface area contributed by atoms with Gasteiger partial charge in [-0.25, -0.2) is 0 Å². The van der Waals surface area contributed by atoms with Gasteiger partial charge in [-0.2, -0.15) is 4.37 Å². The van der Waals surface area contributed by atoms with Crippen LogP contribution in [0.1, 0.15) is 19.3 Å². The van der Waals surface area contributed by atoms with E-state index in [2.05, 4.69) is 21.8 Å². The van der Waals surface area contributed by atoms with Gasteiger partial charge in [-0.3, -0.25) is 0 Å². The van der Waals surface area contributed by atoms with Crippen LogP contribution in [0.15, 0.2) is 24.3 Å². The number of aromatic nitrogens is 1. The summed E-state index contributed by atoms with van der Waals surface area (Å²) in [6.45, 7) is 0. The van der Waals surface area contributed by atoms with Crippen molar-refractivity contribution in [3.63, 3.8) is 0 Å². The van der Waals surface area contributed by atoms with E-state index in [1.165, 1.54) is 29.8 Å². The molecule has 3 N–H and O–H groups in total. The first-order chi connectivity index (χ1) is 7.84. The predicted octanol–water partition coefficient (Wildman–Crippen LogP) is 2.59. The Balaban J connectivity index is 1.89. The summed E-state index contributed by atoms with van der Waals surface area (Å²) in [6, 6.07) is 8.95. The number of rotatable bonds is 2. The van der Waals surface area contributed by atoms with E-state index in [4.69, 9.17) is 5.73 Å². The Morgan fingerprint density at radius 1 is 1.31 bits per heavy atom. The van der Waals surface area contributed by atoms with Crippen molar-refractivity contribution in [2.45, 2.75) is 31.3 Å². The number of benzene rings is 1. The highest BCUT2D eigenvalue weighted by atomic mass is 32.1. The molecule has 1 aliphatic carbocycles. The number of hydrogen-bond donors (Lipinski definition) is 2. The molecule has 0 radical (unpaired) electrons. The van der Waals surface area contributed by atoms with Crippen molar-refractivity contribution in [3.05, 3.63) is 24.3 Å². The molecule has 0 saturated heterocycles. The second kappa shape index (κ2) is 4.03. The minimum atomic E-state index is 0.292. The second-order valence-electron chi connectivity index (χ2n) is 4.37. The molecule has 1 heterocycles. The first-order valence-corrected chi connectivity index (χ1v) is 6.48. The molecule has 1 aliphatic rings. The van der Waals surface area contributed by atoms with Crippen molar-refractivity contribution >= 4 is 27.4 Å². The molecular formula is C12H15N3S. The van der Waals surface area contributed by atoms with E-state index in [1.54, 1.807) is 0 Å². The summed E-state index contributed by atoms with van der Waals surface area (Å²) in [4.78, 5) is 0. The Morgan fingerprint density at radius 3 is 3.00 bits per heavy atom. The molecule has 16 heavy (non-hydrogen) atoms. The number of anilines is 1. The van der Waals surface area contributed by atoms with Crippen molar-refractivity contribution in [2.24, 2.45) is 5.73 Å². The van der Waals surface area contributed by atoms with Gasteiger partial charge in [0, 0.05) is 17.5 Å². The van der Waals surface area contributed by atoms with E-state index in [0.717, 1.165) is 16.9 Å². The highest BCUT2D eigenvalue weighted by molar-refractivity contribution is 7.11. The fourth-order valence-corrected chi connectivity index (χ4v) is 3.15. The average Bonchev–Trinajstić information content (AvgIpc) is 2.88. The van der Waals surface area contributed by atoms with Crippen LogP contribution in [-0.2, 0) is 0 Å². The first-order valence-electron chi connectivity index (χ1n) is 5.71. The monoisotopic (exact) mass is 233 g/mol. The van der Waals surface area contributed by atoms with Crippen LogP contribution in [0.3, 0.4) is 0 Å². The van der Waals surface area contributed by atoms with E-state index in [9.17, 15) is 0 Å². The number of nitrogens with two attached hydrogens (primary N) is 1. The zero-order chi connectivity index (χ0) is 11.0.